The summed E-state index contributed by atoms with van der Waals surface area (Å²) in [7, 11) is 1.76. The lowest BCUT2D eigenvalue weighted by atomic mass is 10.5. The Morgan fingerprint density at radius 1 is 1.25 bits per heavy atom. The van der Waals surface area contributed by atoms with Crippen LogP contribution >= 0.6 is 11.3 Å². The van der Waals surface area contributed by atoms with Crippen LogP contribution in [0.2, 0.25) is 0 Å². The first-order chi connectivity index (χ1) is 9.71. The topological polar surface area (TPSA) is 84.9 Å². The van der Waals surface area contributed by atoms with E-state index in [1.54, 1.807) is 18.4 Å². The van der Waals surface area contributed by atoms with Gasteiger partial charge in [-0.25, -0.2) is 4.98 Å². The van der Waals surface area contributed by atoms with E-state index in [4.69, 9.17) is 4.74 Å². The van der Waals surface area contributed by atoms with E-state index in [-0.39, 0.29) is 0 Å². The minimum absolute atomic E-state index is 0.328. The monoisotopic (exact) mass is 294 g/mol. The predicted molar refractivity (Wildman–Crippen MR) is 79.3 cm³/mol. The smallest absolute Gasteiger partial charge is 0.323 e. The molecule has 0 saturated heterocycles. The van der Waals surface area contributed by atoms with Crippen molar-refractivity contribution in [2.75, 3.05) is 24.3 Å². The molecule has 0 spiro atoms. The van der Waals surface area contributed by atoms with Crippen LogP contribution in [0.5, 0.6) is 6.01 Å². The second-order valence-corrected chi connectivity index (χ2v) is 5.38. The van der Waals surface area contributed by atoms with Crippen molar-refractivity contribution in [3.05, 3.63) is 16.1 Å². The summed E-state index contributed by atoms with van der Waals surface area (Å²) in [5, 5.41) is 7.09. The first kappa shape index (κ1) is 14.4. The van der Waals surface area contributed by atoms with Crippen LogP contribution in [0, 0.1) is 6.92 Å². The third kappa shape index (κ3) is 4.02. The summed E-state index contributed by atoms with van der Waals surface area (Å²) in [5.74, 6) is 0.968. The van der Waals surface area contributed by atoms with Gasteiger partial charge in [0.1, 0.15) is 0 Å². The van der Waals surface area contributed by atoms with Crippen LogP contribution in [0.4, 0.5) is 11.9 Å². The van der Waals surface area contributed by atoms with Gasteiger partial charge in [0, 0.05) is 18.1 Å². The van der Waals surface area contributed by atoms with E-state index in [0.29, 0.717) is 31.1 Å². The number of nitrogens with one attached hydrogen (secondary N) is 2. The lowest BCUT2D eigenvalue weighted by molar-refractivity contribution is 0.292. The fraction of sp³-hybridized carbons (Fsp3) is 0.500. The van der Waals surface area contributed by atoms with Gasteiger partial charge in [-0.05, 0) is 13.3 Å². The number of hydrogen-bond acceptors (Lipinski definition) is 8. The Hall–Kier alpha value is -1.96. The van der Waals surface area contributed by atoms with Crippen LogP contribution in [0.1, 0.15) is 23.2 Å². The van der Waals surface area contributed by atoms with E-state index in [2.05, 4.69) is 30.6 Å². The number of aromatic nitrogens is 4. The van der Waals surface area contributed by atoms with E-state index in [1.165, 1.54) is 0 Å². The third-order valence-electron chi connectivity index (χ3n) is 2.36. The second kappa shape index (κ2) is 6.99. The Balaban J connectivity index is 2.05. The van der Waals surface area contributed by atoms with Crippen molar-refractivity contribution in [2.24, 2.45) is 0 Å². The first-order valence-electron chi connectivity index (χ1n) is 6.43. The lowest BCUT2D eigenvalue weighted by Crippen LogP contribution is -2.09. The molecule has 0 aliphatic carbocycles. The van der Waals surface area contributed by atoms with Gasteiger partial charge in [0.15, 0.2) is 0 Å². The van der Waals surface area contributed by atoms with Crippen molar-refractivity contribution in [1.82, 2.24) is 19.9 Å². The minimum Gasteiger partial charge on any atom is -0.463 e. The summed E-state index contributed by atoms with van der Waals surface area (Å²) >= 11 is 1.64. The molecule has 108 valence electrons. The predicted octanol–water partition coefficient (Wildman–Crippen LogP) is 2.08. The summed E-state index contributed by atoms with van der Waals surface area (Å²) in [6, 6.07) is 0.328. The van der Waals surface area contributed by atoms with Crippen LogP contribution < -0.4 is 15.4 Å². The molecule has 20 heavy (non-hydrogen) atoms. The highest BCUT2D eigenvalue weighted by atomic mass is 32.1. The van der Waals surface area contributed by atoms with E-state index >= 15 is 0 Å². The molecule has 0 aliphatic rings. The van der Waals surface area contributed by atoms with E-state index < -0.39 is 0 Å². The molecule has 0 radical (unpaired) electrons. The number of nitrogens with zero attached hydrogens (tertiary/aromatic N) is 4. The SMILES string of the molecule is CCCOc1nc(NC)nc(NCc2cnc(C)s2)n1. The Labute approximate surface area is 121 Å². The number of anilines is 2. The van der Waals surface area contributed by atoms with E-state index in [0.717, 1.165) is 16.3 Å². The molecule has 2 heterocycles. The van der Waals surface area contributed by atoms with Crippen molar-refractivity contribution >= 4 is 23.2 Å². The molecule has 2 aromatic heterocycles. The first-order valence-corrected chi connectivity index (χ1v) is 7.24. The maximum Gasteiger partial charge on any atom is 0.323 e. The van der Waals surface area contributed by atoms with Crippen LogP contribution in [0.3, 0.4) is 0 Å². The molecule has 0 bridgehead atoms. The van der Waals surface area contributed by atoms with E-state index in [1.807, 2.05) is 20.0 Å². The molecule has 0 aliphatic heterocycles. The number of thiazole rings is 1. The van der Waals surface area contributed by atoms with Gasteiger partial charge < -0.3 is 15.4 Å². The van der Waals surface area contributed by atoms with Gasteiger partial charge in [0.2, 0.25) is 11.9 Å². The highest BCUT2D eigenvalue weighted by molar-refractivity contribution is 7.11. The largest absolute Gasteiger partial charge is 0.463 e. The Morgan fingerprint density at radius 2 is 2.05 bits per heavy atom. The summed E-state index contributed by atoms with van der Waals surface area (Å²) in [6.07, 6.45) is 2.76. The van der Waals surface area contributed by atoms with Crippen molar-refractivity contribution in [3.63, 3.8) is 0 Å². The second-order valence-electron chi connectivity index (χ2n) is 4.06. The fourth-order valence-electron chi connectivity index (χ4n) is 1.46. The average molecular weight is 294 g/mol. The quantitative estimate of drug-likeness (QED) is 0.808. The Bertz CT molecular complexity index is 559. The van der Waals surface area contributed by atoms with E-state index in [9.17, 15) is 0 Å². The zero-order valence-electron chi connectivity index (χ0n) is 11.8. The molecule has 0 atom stereocenters. The number of hydrogen-bond donors (Lipinski definition) is 2. The summed E-state index contributed by atoms with van der Waals surface area (Å²) in [4.78, 5) is 18.0. The highest BCUT2D eigenvalue weighted by Crippen LogP contribution is 2.15. The maximum atomic E-state index is 5.44. The fourth-order valence-corrected chi connectivity index (χ4v) is 2.19. The molecule has 7 nitrogen and oxygen atoms in total. The molecule has 0 aromatic carbocycles. The van der Waals surface area contributed by atoms with Gasteiger partial charge in [-0.1, -0.05) is 6.92 Å². The normalized spacial score (nSPS) is 10.3. The minimum atomic E-state index is 0.328. The molecule has 8 heteroatoms. The summed E-state index contributed by atoms with van der Waals surface area (Å²) in [6.45, 7) is 5.23. The number of rotatable bonds is 7. The zero-order chi connectivity index (χ0) is 14.4. The molecule has 0 amide bonds. The lowest BCUT2D eigenvalue weighted by Gasteiger charge is -2.08. The van der Waals surface area contributed by atoms with Gasteiger partial charge in [0.05, 0.1) is 18.2 Å². The van der Waals surface area contributed by atoms with Crippen molar-refractivity contribution in [1.29, 1.82) is 0 Å². The van der Waals surface area contributed by atoms with Crippen LogP contribution in [-0.2, 0) is 6.54 Å². The maximum absolute atomic E-state index is 5.44. The number of ether oxygens (including phenoxy) is 1. The van der Waals surface area contributed by atoms with Gasteiger partial charge >= 0.3 is 6.01 Å². The summed E-state index contributed by atoms with van der Waals surface area (Å²) in [5.41, 5.74) is 0. The van der Waals surface area contributed by atoms with Gasteiger partial charge in [-0.2, -0.15) is 15.0 Å². The zero-order valence-corrected chi connectivity index (χ0v) is 12.6. The molecule has 0 saturated carbocycles. The molecule has 2 aromatic rings. The molecule has 0 unspecified atom stereocenters. The van der Waals surface area contributed by atoms with Crippen LogP contribution in [-0.4, -0.2) is 33.6 Å². The molecule has 2 N–H and O–H groups in total. The van der Waals surface area contributed by atoms with Crippen molar-refractivity contribution < 1.29 is 4.74 Å². The van der Waals surface area contributed by atoms with Gasteiger partial charge in [0.25, 0.3) is 0 Å². The Kier molecular flexibility index (Phi) is 5.05. The highest BCUT2D eigenvalue weighted by Gasteiger charge is 2.07. The molecule has 0 fully saturated rings. The molecule has 2 rings (SSSR count). The Morgan fingerprint density at radius 3 is 2.70 bits per heavy atom. The standard InChI is InChI=1S/C12H18N6OS/c1-4-5-19-12-17-10(13-3)16-11(18-12)15-7-9-6-14-8(2)20-9/h6H,4-5,7H2,1-3H3,(H2,13,15,16,17,18). The summed E-state index contributed by atoms with van der Waals surface area (Å²) < 4.78 is 5.44. The molecular formula is C12H18N6OS. The average Bonchev–Trinajstić information content (AvgIpc) is 2.88. The number of aryl methyl sites for hydroxylation is 1. The molecular weight excluding hydrogens is 276 g/mol. The van der Waals surface area contributed by atoms with Crippen molar-refractivity contribution in [3.8, 4) is 6.01 Å². The van der Waals surface area contributed by atoms with Crippen LogP contribution in [0.15, 0.2) is 6.20 Å². The van der Waals surface area contributed by atoms with Gasteiger partial charge in [-0.15, -0.1) is 11.3 Å². The van der Waals surface area contributed by atoms with Crippen molar-refractivity contribution in [2.45, 2.75) is 26.8 Å². The third-order valence-corrected chi connectivity index (χ3v) is 3.28. The van der Waals surface area contributed by atoms with Gasteiger partial charge in [-0.3, -0.25) is 0 Å². The van der Waals surface area contributed by atoms with Crippen LogP contribution in [0.25, 0.3) is 0 Å².